The van der Waals surface area contributed by atoms with Crippen molar-refractivity contribution in [2.24, 2.45) is 4.99 Å². The highest BCUT2D eigenvalue weighted by Crippen LogP contribution is 2.31. The molecule has 0 aliphatic heterocycles. The molecule has 0 fully saturated rings. The van der Waals surface area contributed by atoms with E-state index >= 15 is 0 Å². The standard InChI is InChI=1S/C20H20BrN3OS/c1-3-13(2)22-20(26-18(25)12-21)24-19-14-8-4-6-10-16(14)23-17-11-7-5-9-15(17)19/h4-11,13H,3,12H2,1-2H3,(H,22,23,24). The van der Waals surface area contributed by atoms with E-state index in [1.807, 2.05) is 55.5 Å². The van der Waals surface area contributed by atoms with Gasteiger partial charge in [0, 0.05) is 16.8 Å². The number of aromatic nitrogens is 1. The summed E-state index contributed by atoms with van der Waals surface area (Å²) in [6, 6.07) is 16.1. The fourth-order valence-electron chi connectivity index (χ4n) is 2.59. The van der Waals surface area contributed by atoms with Gasteiger partial charge in [-0.25, -0.2) is 4.98 Å². The number of aliphatic imine (C=N–C) groups is 1. The molecule has 4 nitrogen and oxygen atoms in total. The molecule has 0 saturated heterocycles. The van der Waals surface area contributed by atoms with Crippen LogP contribution >= 0.6 is 27.7 Å². The third-order valence-electron chi connectivity index (χ3n) is 4.07. The van der Waals surface area contributed by atoms with E-state index < -0.39 is 0 Å². The van der Waals surface area contributed by atoms with Gasteiger partial charge in [-0.15, -0.1) is 0 Å². The van der Waals surface area contributed by atoms with Crippen molar-refractivity contribution in [3.63, 3.8) is 0 Å². The first-order chi connectivity index (χ1) is 12.6. The molecule has 2 aromatic carbocycles. The maximum Gasteiger partial charge on any atom is 0.207 e. The van der Waals surface area contributed by atoms with Gasteiger partial charge in [-0.1, -0.05) is 59.3 Å². The summed E-state index contributed by atoms with van der Waals surface area (Å²) >= 11 is 4.36. The number of anilines is 1. The number of carbonyl (C=O) groups is 1. The minimum atomic E-state index is 0.0159. The molecule has 0 saturated carbocycles. The highest BCUT2D eigenvalue weighted by molar-refractivity contribution is 9.09. The van der Waals surface area contributed by atoms with Crippen LogP contribution in [0.1, 0.15) is 20.3 Å². The predicted octanol–water partition coefficient (Wildman–Crippen LogP) is 5.61. The van der Waals surface area contributed by atoms with Gasteiger partial charge in [0.15, 0.2) is 5.17 Å². The molecule has 134 valence electrons. The zero-order valence-corrected chi connectivity index (χ0v) is 17.1. The molecule has 1 atom stereocenters. The highest BCUT2D eigenvalue weighted by Gasteiger charge is 2.14. The fraction of sp³-hybridized carbons (Fsp3) is 0.250. The number of hydrogen-bond acceptors (Lipinski definition) is 4. The molecule has 1 heterocycles. The van der Waals surface area contributed by atoms with Gasteiger partial charge in [-0.05, 0) is 37.2 Å². The van der Waals surface area contributed by atoms with E-state index in [0.717, 1.165) is 45.7 Å². The van der Waals surface area contributed by atoms with Crippen molar-refractivity contribution >= 4 is 65.5 Å². The molecular formula is C20H20BrN3OS. The number of alkyl halides is 1. The summed E-state index contributed by atoms with van der Waals surface area (Å²) in [4.78, 5) is 21.4. The topological polar surface area (TPSA) is 54.4 Å². The first kappa shape index (κ1) is 18.9. The van der Waals surface area contributed by atoms with Crippen LogP contribution in [0.4, 0.5) is 5.69 Å². The summed E-state index contributed by atoms with van der Waals surface area (Å²) in [5.41, 5.74) is 2.75. The number of rotatable bonds is 4. The summed E-state index contributed by atoms with van der Waals surface area (Å²) in [6.45, 7) is 4.13. The quantitative estimate of drug-likeness (QED) is 0.253. The van der Waals surface area contributed by atoms with Crippen molar-refractivity contribution in [1.29, 1.82) is 0 Å². The van der Waals surface area contributed by atoms with Gasteiger partial charge in [0.2, 0.25) is 5.12 Å². The second-order valence-corrected chi connectivity index (χ2v) is 7.55. The lowest BCUT2D eigenvalue weighted by Gasteiger charge is -2.15. The van der Waals surface area contributed by atoms with Crippen LogP contribution in [-0.4, -0.2) is 26.6 Å². The molecule has 3 rings (SSSR count). The third-order valence-corrected chi connectivity index (χ3v) is 5.72. The van der Waals surface area contributed by atoms with E-state index in [1.165, 1.54) is 0 Å². The summed E-state index contributed by atoms with van der Waals surface area (Å²) in [7, 11) is 0. The SMILES string of the molecule is CCC(C)N=C(Nc1c2ccccc2nc2ccccc12)SC(=O)CBr. The Morgan fingerprint density at radius 2 is 1.73 bits per heavy atom. The molecule has 0 aliphatic carbocycles. The van der Waals surface area contributed by atoms with Gasteiger partial charge >= 0.3 is 0 Å². The van der Waals surface area contributed by atoms with Crippen LogP contribution in [0.2, 0.25) is 0 Å². The molecule has 1 unspecified atom stereocenters. The van der Waals surface area contributed by atoms with Gasteiger partial charge in [0.1, 0.15) is 0 Å². The Labute approximate surface area is 165 Å². The first-order valence-electron chi connectivity index (χ1n) is 8.51. The van der Waals surface area contributed by atoms with E-state index in [1.54, 1.807) is 0 Å². The second kappa shape index (κ2) is 8.64. The number of thioether (sulfide) groups is 1. The molecule has 6 heteroatoms. The summed E-state index contributed by atoms with van der Waals surface area (Å²) < 4.78 is 0. The van der Waals surface area contributed by atoms with Crippen molar-refractivity contribution in [1.82, 2.24) is 4.98 Å². The number of amidine groups is 1. The molecule has 0 amide bonds. The van der Waals surface area contributed by atoms with E-state index in [-0.39, 0.29) is 16.5 Å². The lowest BCUT2D eigenvalue weighted by molar-refractivity contribution is -0.108. The van der Waals surface area contributed by atoms with E-state index in [0.29, 0.717) is 5.17 Å². The number of benzene rings is 2. The molecule has 26 heavy (non-hydrogen) atoms. The van der Waals surface area contributed by atoms with Crippen LogP contribution in [0.5, 0.6) is 0 Å². The average Bonchev–Trinajstić information content (AvgIpc) is 2.67. The zero-order valence-electron chi connectivity index (χ0n) is 14.7. The first-order valence-corrected chi connectivity index (χ1v) is 10.4. The van der Waals surface area contributed by atoms with Crippen LogP contribution < -0.4 is 5.32 Å². The maximum absolute atomic E-state index is 12.0. The van der Waals surface area contributed by atoms with E-state index in [4.69, 9.17) is 9.98 Å². The van der Waals surface area contributed by atoms with Crippen molar-refractivity contribution < 1.29 is 4.79 Å². The summed E-state index contributed by atoms with van der Waals surface area (Å²) in [5, 5.41) is 6.37. The highest BCUT2D eigenvalue weighted by atomic mass is 79.9. The van der Waals surface area contributed by atoms with Gasteiger partial charge in [-0.3, -0.25) is 9.79 Å². The predicted molar refractivity (Wildman–Crippen MR) is 116 cm³/mol. The fourth-order valence-corrected chi connectivity index (χ4v) is 3.59. The molecule has 0 aliphatic rings. The second-order valence-electron chi connectivity index (χ2n) is 5.95. The van der Waals surface area contributed by atoms with Gasteiger partial charge in [0.05, 0.1) is 22.1 Å². The number of carbonyl (C=O) groups excluding carboxylic acids is 1. The third kappa shape index (κ3) is 4.24. The molecule has 1 N–H and O–H groups in total. The minimum Gasteiger partial charge on any atom is -0.333 e. The number of hydrogen-bond donors (Lipinski definition) is 1. The summed E-state index contributed by atoms with van der Waals surface area (Å²) in [5.74, 6) is 0. The molecule has 0 radical (unpaired) electrons. The van der Waals surface area contributed by atoms with Crippen molar-refractivity contribution in [3.8, 4) is 0 Å². The van der Waals surface area contributed by atoms with Crippen LogP contribution in [0.3, 0.4) is 0 Å². The Bertz CT molecular complexity index is 920. The van der Waals surface area contributed by atoms with Crippen LogP contribution in [0.25, 0.3) is 21.8 Å². The maximum atomic E-state index is 12.0. The van der Waals surface area contributed by atoms with E-state index in [2.05, 4.69) is 28.2 Å². The number of nitrogens with zero attached hydrogens (tertiary/aromatic N) is 2. The Kier molecular flexibility index (Phi) is 6.27. The Morgan fingerprint density at radius 1 is 1.15 bits per heavy atom. The summed E-state index contributed by atoms with van der Waals surface area (Å²) in [6.07, 6.45) is 0.909. The Morgan fingerprint density at radius 3 is 2.27 bits per heavy atom. The van der Waals surface area contributed by atoms with Crippen molar-refractivity contribution in [3.05, 3.63) is 48.5 Å². The monoisotopic (exact) mass is 429 g/mol. The molecule has 0 bridgehead atoms. The van der Waals surface area contributed by atoms with Gasteiger partial charge < -0.3 is 5.32 Å². The van der Waals surface area contributed by atoms with Crippen LogP contribution in [-0.2, 0) is 4.79 Å². The van der Waals surface area contributed by atoms with E-state index in [9.17, 15) is 4.79 Å². The van der Waals surface area contributed by atoms with Gasteiger partial charge in [-0.2, -0.15) is 0 Å². The number of para-hydroxylation sites is 2. The Balaban J connectivity index is 2.14. The van der Waals surface area contributed by atoms with Crippen LogP contribution in [0.15, 0.2) is 53.5 Å². The number of pyridine rings is 1. The average molecular weight is 430 g/mol. The molecular weight excluding hydrogens is 410 g/mol. The van der Waals surface area contributed by atoms with Crippen molar-refractivity contribution in [2.45, 2.75) is 26.3 Å². The smallest absolute Gasteiger partial charge is 0.207 e. The Hall–Kier alpha value is -1.92. The normalized spacial score (nSPS) is 13.1. The van der Waals surface area contributed by atoms with Gasteiger partial charge in [0.25, 0.3) is 0 Å². The lowest BCUT2D eigenvalue weighted by Crippen LogP contribution is -2.15. The zero-order chi connectivity index (χ0) is 18.5. The van der Waals surface area contributed by atoms with Crippen molar-refractivity contribution in [2.75, 3.05) is 10.6 Å². The molecule has 3 aromatic rings. The van der Waals surface area contributed by atoms with Crippen LogP contribution in [0, 0.1) is 0 Å². The lowest BCUT2D eigenvalue weighted by atomic mass is 10.1. The number of halogens is 1. The minimum absolute atomic E-state index is 0.0159. The molecule has 0 spiro atoms. The number of nitrogens with one attached hydrogen (secondary N) is 1. The number of fused-ring (bicyclic) bond motifs is 2. The largest absolute Gasteiger partial charge is 0.333 e. The molecule has 1 aromatic heterocycles.